The first-order chi connectivity index (χ1) is 5.57. The van der Waals surface area contributed by atoms with Crippen molar-refractivity contribution in [3.63, 3.8) is 0 Å². The van der Waals surface area contributed by atoms with E-state index in [1.54, 1.807) is 0 Å². The number of carbonyl (C=O) groups excluding carboxylic acids is 1. The van der Waals surface area contributed by atoms with Gasteiger partial charge in [-0.15, -0.1) is 0 Å². The van der Waals surface area contributed by atoms with Gasteiger partial charge in [-0.3, -0.25) is 0 Å². The Bertz CT molecular complexity index is 179. The van der Waals surface area contributed by atoms with Gasteiger partial charge in [0, 0.05) is 0 Å². The average Bonchev–Trinajstić information content (AvgIpc) is 2.08. The first kappa shape index (κ1) is 9.40. The van der Waals surface area contributed by atoms with E-state index < -0.39 is 37.0 Å². The molecule has 4 N–H and O–H groups in total. The van der Waals surface area contributed by atoms with Crippen molar-refractivity contribution in [2.75, 3.05) is 6.61 Å². The van der Waals surface area contributed by atoms with Crippen molar-refractivity contribution in [1.29, 1.82) is 0 Å². The van der Waals surface area contributed by atoms with Gasteiger partial charge in [0.15, 0.2) is 12.2 Å². The molecule has 0 saturated carbocycles. The van der Waals surface area contributed by atoms with Crippen molar-refractivity contribution in [3.8, 4) is 0 Å². The van der Waals surface area contributed by atoms with Crippen molar-refractivity contribution in [1.82, 2.24) is 0 Å². The van der Waals surface area contributed by atoms with Crippen LogP contribution in [0.25, 0.3) is 0 Å². The summed E-state index contributed by atoms with van der Waals surface area (Å²) in [6, 6.07) is 0. The largest absolute Gasteiger partial charge is 0.455 e. The van der Waals surface area contributed by atoms with Crippen LogP contribution >= 0.6 is 0 Å². The molecular formula is C6H10O6. The Hall–Kier alpha value is -0.690. The molecule has 1 aliphatic rings. The lowest BCUT2D eigenvalue weighted by Crippen LogP contribution is -2.56. The van der Waals surface area contributed by atoms with Gasteiger partial charge in [0.05, 0.1) is 6.61 Å². The van der Waals surface area contributed by atoms with Gasteiger partial charge in [-0.2, -0.15) is 0 Å². The third-order valence-corrected chi connectivity index (χ3v) is 1.74. The van der Waals surface area contributed by atoms with Crippen LogP contribution in [0.2, 0.25) is 0 Å². The Kier molecular flexibility index (Phi) is 2.63. The standard InChI is InChI=1S/C6H10O6/c7-1-2-3(8)4(9)5(10)6(11)12-2/h2-5,7-10H,1H2/t2-,3-,4+,5-/m1/s1/i1+1. The molecular weight excluding hydrogens is 169 g/mol. The summed E-state index contributed by atoms with van der Waals surface area (Å²) in [5.74, 6) is -1.04. The van der Waals surface area contributed by atoms with E-state index in [1.165, 1.54) is 0 Å². The molecule has 0 radical (unpaired) electrons. The molecule has 0 bridgehead atoms. The summed E-state index contributed by atoms with van der Waals surface area (Å²) in [6.45, 7) is -0.587. The van der Waals surface area contributed by atoms with Crippen LogP contribution in [0.15, 0.2) is 0 Å². The molecule has 0 aromatic rings. The summed E-state index contributed by atoms with van der Waals surface area (Å²) in [6.07, 6.45) is -5.93. The molecule has 0 aliphatic carbocycles. The highest BCUT2D eigenvalue weighted by Gasteiger charge is 2.43. The maximum absolute atomic E-state index is 10.7. The van der Waals surface area contributed by atoms with Crippen molar-refractivity contribution in [3.05, 3.63) is 0 Å². The highest BCUT2D eigenvalue weighted by atomic mass is 16.6. The van der Waals surface area contributed by atoms with Gasteiger partial charge in [0.2, 0.25) is 0 Å². The summed E-state index contributed by atoms with van der Waals surface area (Å²) >= 11 is 0. The first-order valence-corrected chi connectivity index (χ1v) is 3.43. The second-order valence-corrected chi connectivity index (χ2v) is 2.58. The minimum Gasteiger partial charge on any atom is -0.455 e. The van der Waals surface area contributed by atoms with Gasteiger partial charge in [0.1, 0.15) is 12.2 Å². The van der Waals surface area contributed by atoms with Gasteiger partial charge >= 0.3 is 5.97 Å². The molecule has 70 valence electrons. The maximum Gasteiger partial charge on any atom is 0.338 e. The van der Waals surface area contributed by atoms with Gasteiger partial charge in [-0.05, 0) is 0 Å². The highest BCUT2D eigenvalue weighted by molar-refractivity contribution is 5.76. The Labute approximate surface area is 68.0 Å². The fourth-order valence-corrected chi connectivity index (χ4v) is 0.980. The Morgan fingerprint density at radius 3 is 2.33 bits per heavy atom. The lowest BCUT2D eigenvalue weighted by molar-refractivity contribution is -0.206. The minimum atomic E-state index is -1.73. The Morgan fingerprint density at radius 1 is 1.25 bits per heavy atom. The van der Waals surface area contributed by atoms with Crippen LogP contribution in [0.3, 0.4) is 0 Å². The number of esters is 1. The van der Waals surface area contributed by atoms with Crippen LogP contribution in [0.4, 0.5) is 0 Å². The number of aliphatic hydroxyl groups is 4. The van der Waals surface area contributed by atoms with Crippen LogP contribution < -0.4 is 0 Å². The topological polar surface area (TPSA) is 107 Å². The zero-order chi connectivity index (χ0) is 9.30. The van der Waals surface area contributed by atoms with Crippen molar-refractivity contribution < 1.29 is 30.0 Å². The van der Waals surface area contributed by atoms with E-state index in [2.05, 4.69) is 4.74 Å². The molecule has 1 fully saturated rings. The van der Waals surface area contributed by atoms with Gasteiger partial charge in [0.25, 0.3) is 0 Å². The van der Waals surface area contributed by atoms with Gasteiger partial charge < -0.3 is 25.2 Å². The SMILES string of the molecule is O=C1O[C@H]([13CH2]O)[C@@H](O)[C@H](O)[C@H]1O. The lowest BCUT2D eigenvalue weighted by atomic mass is 10.0. The van der Waals surface area contributed by atoms with Crippen LogP contribution in [-0.4, -0.2) is 57.4 Å². The van der Waals surface area contributed by atoms with E-state index in [0.717, 1.165) is 0 Å². The third-order valence-electron chi connectivity index (χ3n) is 1.74. The van der Waals surface area contributed by atoms with E-state index >= 15 is 0 Å². The van der Waals surface area contributed by atoms with Gasteiger partial charge in [-0.1, -0.05) is 0 Å². The molecule has 1 heterocycles. The second kappa shape index (κ2) is 3.36. The number of carbonyl (C=O) groups is 1. The summed E-state index contributed by atoms with van der Waals surface area (Å²) in [7, 11) is 0. The van der Waals surface area contributed by atoms with E-state index in [-0.39, 0.29) is 0 Å². The van der Waals surface area contributed by atoms with Crippen molar-refractivity contribution in [2.24, 2.45) is 0 Å². The Balaban J connectivity index is 2.70. The molecule has 1 aliphatic heterocycles. The number of cyclic esters (lactones) is 1. The van der Waals surface area contributed by atoms with E-state index in [9.17, 15) is 4.79 Å². The van der Waals surface area contributed by atoms with Crippen molar-refractivity contribution in [2.45, 2.75) is 24.4 Å². The molecule has 0 aromatic carbocycles. The normalized spacial score (nSPS) is 42.5. The summed E-state index contributed by atoms with van der Waals surface area (Å²) < 4.78 is 4.38. The third kappa shape index (κ3) is 1.42. The smallest absolute Gasteiger partial charge is 0.338 e. The molecule has 0 spiro atoms. The van der Waals surface area contributed by atoms with Crippen LogP contribution in [0, 0.1) is 0 Å². The summed E-state index contributed by atoms with van der Waals surface area (Å²) in [5.41, 5.74) is 0. The molecule has 0 amide bonds. The van der Waals surface area contributed by atoms with E-state index in [0.29, 0.717) is 0 Å². The van der Waals surface area contributed by atoms with Crippen LogP contribution in [0.5, 0.6) is 0 Å². The predicted molar refractivity (Wildman–Crippen MR) is 35.0 cm³/mol. The van der Waals surface area contributed by atoms with E-state index in [1.807, 2.05) is 0 Å². The maximum atomic E-state index is 10.7. The monoisotopic (exact) mass is 179 g/mol. The fourth-order valence-electron chi connectivity index (χ4n) is 0.980. The van der Waals surface area contributed by atoms with E-state index in [4.69, 9.17) is 20.4 Å². The number of aliphatic hydroxyl groups excluding tert-OH is 4. The zero-order valence-electron chi connectivity index (χ0n) is 6.12. The predicted octanol–water partition coefficient (Wildman–Crippen LogP) is -3.01. The molecule has 0 unspecified atom stereocenters. The minimum absolute atomic E-state index is 0.587. The lowest BCUT2D eigenvalue weighted by Gasteiger charge is -2.32. The first-order valence-electron chi connectivity index (χ1n) is 3.43. The summed E-state index contributed by atoms with van der Waals surface area (Å²) in [4.78, 5) is 10.7. The number of rotatable bonds is 1. The number of hydrogen-bond donors (Lipinski definition) is 4. The fraction of sp³-hybridized carbons (Fsp3) is 0.833. The molecule has 0 aromatic heterocycles. The van der Waals surface area contributed by atoms with Crippen LogP contribution in [0.1, 0.15) is 0 Å². The average molecular weight is 179 g/mol. The Morgan fingerprint density at radius 2 is 1.83 bits per heavy atom. The molecule has 4 atom stereocenters. The molecule has 1 saturated heterocycles. The molecule has 6 heteroatoms. The number of hydrogen-bond acceptors (Lipinski definition) is 6. The number of ether oxygens (including phenoxy) is 1. The summed E-state index contributed by atoms with van der Waals surface area (Å²) in [5, 5.41) is 35.5. The quantitative estimate of drug-likeness (QED) is 0.252. The van der Waals surface area contributed by atoms with Gasteiger partial charge in [-0.25, -0.2) is 4.79 Å². The van der Waals surface area contributed by atoms with Crippen molar-refractivity contribution >= 4 is 5.97 Å². The zero-order valence-corrected chi connectivity index (χ0v) is 6.12. The molecule has 12 heavy (non-hydrogen) atoms. The highest BCUT2D eigenvalue weighted by Crippen LogP contribution is 2.15. The second-order valence-electron chi connectivity index (χ2n) is 2.58. The van der Waals surface area contributed by atoms with Crippen LogP contribution in [-0.2, 0) is 9.53 Å². The molecule has 1 rings (SSSR count). The molecule has 6 nitrogen and oxygen atoms in total.